The second-order valence-electron chi connectivity index (χ2n) is 1.57. The van der Waals surface area contributed by atoms with Crippen LogP contribution >= 0.6 is 0 Å². The molecule has 0 fully saturated rings. The predicted octanol–water partition coefficient (Wildman–Crippen LogP) is -0.292. The molecule has 0 aliphatic heterocycles. The smallest absolute Gasteiger partial charge is 0.187 e. The van der Waals surface area contributed by atoms with E-state index >= 15 is 0 Å². The molecule has 0 amide bonds. The van der Waals surface area contributed by atoms with Crippen LogP contribution in [0.5, 0.6) is 5.75 Å². The molecule has 0 aliphatic carbocycles. The van der Waals surface area contributed by atoms with E-state index in [9.17, 15) is 0 Å². The lowest BCUT2D eigenvalue weighted by Crippen LogP contribution is -1.89. The zero-order chi connectivity index (χ0) is 6.15. The molecule has 0 bridgehead atoms. The fraction of sp³-hybridized carbons (Fsp3) is 0.250. The van der Waals surface area contributed by atoms with Gasteiger partial charge in [-0.15, -0.1) is 0 Å². The molecule has 0 unspecified atom stereocenters. The molecule has 1 rings (SSSR count). The molecule has 44 valence electrons. The summed E-state index contributed by atoms with van der Waals surface area (Å²) in [5.74, 6) is 0.208. The summed E-state index contributed by atoms with van der Waals surface area (Å²) in [6.07, 6.45) is 1.44. The second kappa shape index (κ2) is 1.40. The molecule has 0 aliphatic rings. The van der Waals surface area contributed by atoms with Crippen LogP contribution in [0.25, 0.3) is 0 Å². The minimum absolute atomic E-state index is 0.0347. The van der Waals surface area contributed by atoms with Gasteiger partial charge in [-0.2, -0.15) is 5.10 Å². The first-order valence-electron chi connectivity index (χ1n) is 2.18. The minimum atomic E-state index is 0.0347. The van der Waals surface area contributed by atoms with Crippen molar-refractivity contribution in [1.29, 1.82) is 0 Å². The first-order chi connectivity index (χ1) is 3.70. The van der Waals surface area contributed by atoms with Crippen molar-refractivity contribution in [2.75, 3.05) is 5.73 Å². The number of aryl methyl sites for hydroxylation is 1. The molecule has 0 radical (unpaired) electrons. The van der Waals surface area contributed by atoms with Gasteiger partial charge in [-0.05, 0) is 0 Å². The zero-order valence-corrected chi connectivity index (χ0v) is 4.50. The van der Waals surface area contributed by atoms with Crippen LogP contribution in [0.3, 0.4) is 0 Å². The summed E-state index contributed by atoms with van der Waals surface area (Å²) in [6.45, 7) is 0. The van der Waals surface area contributed by atoms with Crippen LogP contribution in [0.2, 0.25) is 0 Å². The molecule has 8 heavy (non-hydrogen) atoms. The number of nitrogen functional groups attached to an aromatic ring is 1. The number of nitrogens with zero attached hydrogens (tertiary/aromatic N) is 2. The van der Waals surface area contributed by atoms with Crippen LogP contribution in [0.4, 0.5) is 5.82 Å². The number of rotatable bonds is 0. The van der Waals surface area contributed by atoms with E-state index in [-0.39, 0.29) is 11.6 Å². The average molecular weight is 113 g/mol. The maximum atomic E-state index is 8.73. The standard InChI is InChI=1S/C4H7N3O/c1-7-2-3(8)4(5)6-7/h2,8H,1H3,(H2,5,6). The van der Waals surface area contributed by atoms with Gasteiger partial charge in [-0.1, -0.05) is 0 Å². The van der Waals surface area contributed by atoms with E-state index in [2.05, 4.69) is 5.10 Å². The van der Waals surface area contributed by atoms with Crippen molar-refractivity contribution < 1.29 is 5.11 Å². The molecular weight excluding hydrogens is 106 g/mol. The van der Waals surface area contributed by atoms with Gasteiger partial charge in [-0.3, -0.25) is 4.68 Å². The van der Waals surface area contributed by atoms with Crippen LogP contribution in [0, 0.1) is 0 Å². The highest BCUT2D eigenvalue weighted by atomic mass is 16.3. The fourth-order valence-electron chi connectivity index (χ4n) is 0.493. The van der Waals surface area contributed by atoms with Crippen LogP contribution in [-0.2, 0) is 7.05 Å². The Balaban J connectivity index is 3.14. The SMILES string of the molecule is Cn1cc(O)c(N)n1. The van der Waals surface area contributed by atoms with E-state index in [1.165, 1.54) is 10.9 Å². The summed E-state index contributed by atoms with van der Waals surface area (Å²) < 4.78 is 1.45. The Morgan fingerprint density at radius 1 is 1.88 bits per heavy atom. The highest BCUT2D eigenvalue weighted by Gasteiger charge is 1.97. The van der Waals surface area contributed by atoms with Gasteiger partial charge in [-0.25, -0.2) is 0 Å². The van der Waals surface area contributed by atoms with Crippen molar-refractivity contribution in [3.63, 3.8) is 0 Å². The van der Waals surface area contributed by atoms with Gasteiger partial charge in [0, 0.05) is 7.05 Å². The topological polar surface area (TPSA) is 64.1 Å². The number of hydrogen-bond acceptors (Lipinski definition) is 3. The maximum absolute atomic E-state index is 8.73. The number of aromatic nitrogens is 2. The number of hydrogen-bond donors (Lipinski definition) is 2. The molecule has 1 heterocycles. The molecule has 1 aromatic heterocycles. The van der Waals surface area contributed by atoms with Crippen LogP contribution in [-0.4, -0.2) is 14.9 Å². The second-order valence-corrected chi connectivity index (χ2v) is 1.57. The van der Waals surface area contributed by atoms with Gasteiger partial charge >= 0.3 is 0 Å². The maximum Gasteiger partial charge on any atom is 0.187 e. The van der Waals surface area contributed by atoms with Gasteiger partial charge < -0.3 is 10.8 Å². The van der Waals surface area contributed by atoms with E-state index in [1.807, 2.05) is 0 Å². The number of nitrogens with two attached hydrogens (primary N) is 1. The summed E-state index contributed by atoms with van der Waals surface area (Å²) in [4.78, 5) is 0. The monoisotopic (exact) mass is 113 g/mol. The first-order valence-corrected chi connectivity index (χ1v) is 2.18. The summed E-state index contributed by atoms with van der Waals surface area (Å²) in [7, 11) is 1.69. The molecule has 0 atom stereocenters. The van der Waals surface area contributed by atoms with Gasteiger partial charge in [0.25, 0.3) is 0 Å². The van der Waals surface area contributed by atoms with E-state index in [1.54, 1.807) is 7.05 Å². The Labute approximate surface area is 46.5 Å². The first kappa shape index (κ1) is 4.96. The highest BCUT2D eigenvalue weighted by molar-refractivity contribution is 5.42. The summed E-state index contributed by atoms with van der Waals surface area (Å²) in [5, 5.41) is 12.4. The summed E-state index contributed by atoms with van der Waals surface area (Å²) in [6, 6.07) is 0. The third-order valence-electron chi connectivity index (χ3n) is 0.837. The van der Waals surface area contributed by atoms with E-state index < -0.39 is 0 Å². The van der Waals surface area contributed by atoms with Gasteiger partial charge in [0.2, 0.25) is 0 Å². The Morgan fingerprint density at radius 3 is 2.62 bits per heavy atom. The van der Waals surface area contributed by atoms with Gasteiger partial charge in [0.05, 0.1) is 6.20 Å². The molecule has 0 aromatic carbocycles. The van der Waals surface area contributed by atoms with E-state index in [0.29, 0.717) is 0 Å². The zero-order valence-electron chi connectivity index (χ0n) is 4.50. The Hall–Kier alpha value is -1.19. The quantitative estimate of drug-likeness (QED) is 0.485. The Kier molecular flexibility index (Phi) is 0.865. The van der Waals surface area contributed by atoms with Crippen molar-refractivity contribution in [3.8, 4) is 5.75 Å². The number of aromatic hydroxyl groups is 1. The van der Waals surface area contributed by atoms with E-state index in [4.69, 9.17) is 10.8 Å². The lowest BCUT2D eigenvalue weighted by atomic mass is 10.6. The van der Waals surface area contributed by atoms with E-state index in [0.717, 1.165) is 0 Å². The molecule has 0 saturated carbocycles. The average Bonchev–Trinajstić information content (AvgIpc) is 1.85. The molecule has 4 nitrogen and oxygen atoms in total. The normalized spacial score (nSPS) is 9.62. The highest BCUT2D eigenvalue weighted by Crippen LogP contribution is 2.13. The third-order valence-corrected chi connectivity index (χ3v) is 0.837. The summed E-state index contributed by atoms with van der Waals surface area (Å²) >= 11 is 0. The van der Waals surface area contributed by atoms with Crippen LogP contribution in [0.1, 0.15) is 0 Å². The molecular formula is C4H7N3O. The lowest BCUT2D eigenvalue weighted by Gasteiger charge is -1.79. The van der Waals surface area contributed by atoms with Crippen LogP contribution in [0.15, 0.2) is 6.20 Å². The van der Waals surface area contributed by atoms with Crippen molar-refractivity contribution >= 4 is 5.82 Å². The largest absolute Gasteiger partial charge is 0.503 e. The minimum Gasteiger partial charge on any atom is -0.503 e. The molecule has 3 N–H and O–H groups in total. The molecule has 0 saturated heterocycles. The molecule has 1 aromatic rings. The van der Waals surface area contributed by atoms with Crippen LogP contribution < -0.4 is 5.73 Å². The van der Waals surface area contributed by atoms with Gasteiger partial charge in [0.1, 0.15) is 0 Å². The molecule has 4 heteroatoms. The van der Waals surface area contributed by atoms with Crippen molar-refractivity contribution in [1.82, 2.24) is 9.78 Å². The Bertz CT molecular complexity index is 174. The fourth-order valence-corrected chi connectivity index (χ4v) is 0.493. The van der Waals surface area contributed by atoms with Gasteiger partial charge in [0.15, 0.2) is 11.6 Å². The number of anilines is 1. The molecule has 0 spiro atoms. The summed E-state index contributed by atoms with van der Waals surface area (Å²) in [5.41, 5.74) is 5.16. The predicted molar refractivity (Wildman–Crippen MR) is 29.3 cm³/mol. The van der Waals surface area contributed by atoms with Crippen molar-refractivity contribution in [2.24, 2.45) is 7.05 Å². The van der Waals surface area contributed by atoms with Crippen molar-refractivity contribution in [3.05, 3.63) is 6.20 Å². The van der Waals surface area contributed by atoms with Crippen molar-refractivity contribution in [2.45, 2.75) is 0 Å². The third kappa shape index (κ3) is 0.598. The lowest BCUT2D eigenvalue weighted by molar-refractivity contribution is 0.477. The Morgan fingerprint density at radius 2 is 2.50 bits per heavy atom.